The van der Waals surface area contributed by atoms with Crippen LogP contribution in [0.4, 0.5) is 5.82 Å². The van der Waals surface area contributed by atoms with Crippen LogP contribution in [0, 0.1) is 5.92 Å². The number of carbonyl (C=O) groups excluding carboxylic acids is 1. The zero-order valence-electron chi connectivity index (χ0n) is 13.4. The highest BCUT2D eigenvalue weighted by molar-refractivity contribution is 7.18. The van der Waals surface area contributed by atoms with E-state index in [1.165, 1.54) is 4.88 Å². The molecular formula is C17H22N4OS. The minimum Gasteiger partial charge on any atom is -0.355 e. The summed E-state index contributed by atoms with van der Waals surface area (Å²) in [7, 11) is 0. The van der Waals surface area contributed by atoms with Crippen molar-refractivity contribution in [3.8, 4) is 0 Å². The predicted molar refractivity (Wildman–Crippen MR) is 92.9 cm³/mol. The molecule has 0 unspecified atom stereocenters. The van der Waals surface area contributed by atoms with Crippen molar-refractivity contribution in [2.45, 2.75) is 45.1 Å². The number of aryl methyl sites for hydroxylation is 1. The summed E-state index contributed by atoms with van der Waals surface area (Å²) < 4.78 is 0. The van der Waals surface area contributed by atoms with E-state index in [0.717, 1.165) is 61.2 Å². The fraction of sp³-hybridized carbons (Fsp3) is 0.588. The predicted octanol–water partition coefficient (Wildman–Crippen LogP) is 2.75. The van der Waals surface area contributed by atoms with Gasteiger partial charge in [0, 0.05) is 24.0 Å². The SMILES string of the molecule is CCc1cc2c(N3CCC[C@@H](C(=O)NC4CC4)C3)ncnc2s1. The van der Waals surface area contributed by atoms with Crippen LogP contribution in [-0.4, -0.2) is 35.0 Å². The summed E-state index contributed by atoms with van der Waals surface area (Å²) in [5.74, 6) is 1.30. The van der Waals surface area contributed by atoms with Gasteiger partial charge >= 0.3 is 0 Å². The first-order valence-corrected chi connectivity index (χ1v) is 9.35. The van der Waals surface area contributed by atoms with Crippen molar-refractivity contribution in [3.05, 3.63) is 17.3 Å². The number of hydrogen-bond donors (Lipinski definition) is 1. The van der Waals surface area contributed by atoms with Crippen LogP contribution in [0.1, 0.15) is 37.5 Å². The molecule has 2 aromatic heterocycles. The van der Waals surface area contributed by atoms with Crippen molar-refractivity contribution in [2.75, 3.05) is 18.0 Å². The number of anilines is 1. The molecule has 4 rings (SSSR count). The first kappa shape index (κ1) is 14.9. The Morgan fingerprint density at radius 2 is 2.26 bits per heavy atom. The molecule has 2 fully saturated rings. The lowest BCUT2D eigenvalue weighted by atomic mass is 9.97. The second-order valence-electron chi connectivity index (χ2n) is 6.55. The lowest BCUT2D eigenvalue weighted by Crippen LogP contribution is -2.44. The molecule has 1 saturated carbocycles. The lowest BCUT2D eigenvalue weighted by molar-refractivity contribution is -0.125. The van der Waals surface area contributed by atoms with Crippen LogP contribution in [0.3, 0.4) is 0 Å². The van der Waals surface area contributed by atoms with E-state index in [2.05, 4.69) is 33.2 Å². The average Bonchev–Trinajstić information content (AvgIpc) is 3.29. The van der Waals surface area contributed by atoms with Crippen LogP contribution in [0.2, 0.25) is 0 Å². The number of aromatic nitrogens is 2. The fourth-order valence-corrected chi connectivity index (χ4v) is 4.18. The smallest absolute Gasteiger partial charge is 0.225 e. The van der Waals surface area contributed by atoms with Gasteiger partial charge in [0.15, 0.2) is 0 Å². The first-order chi connectivity index (χ1) is 11.2. The summed E-state index contributed by atoms with van der Waals surface area (Å²) in [6.45, 7) is 3.90. The second-order valence-corrected chi connectivity index (χ2v) is 7.67. The first-order valence-electron chi connectivity index (χ1n) is 8.53. The minimum absolute atomic E-state index is 0.0821. The molecule has 1 aliphatic carbocycles. The van der Waals surface area contributed by atoms with Crippen LogP contribution in [0.5, 0.6) is 0 Å². The Balaban J connectivity index is 1.56. The van der Waals surface area contributed by atoms with Crippen LogP contribution in [0.15, 0.2) is 12.4 Å². The molecule has 0 spiro atoms. The maximum Gasteiger partial charge on any atom is 0.225 e. The Hall–Kier alpha value is -1.69. The topological polar surface area (TPSA) is 58.1 Å². The molecule has 23 heavy (non-hydrogen) atoms. The van der Waals surface area contributed by atoms with Crippen molar-refractivity contribution in [2.24, 2.45) is 5.92 Å². The maximum atomic E-state index is 12.4. The normalized spacial score (nSPS) is 21.6. The van der Waals surface area contributed by atoms with Gasteiger partial charge in [-0.15, -0.1) is 11.3 Å². The third kappa shape index (κ3) is 3.04. The summed E-state index contributed by atoms with van der Waals surface area (Å²) in [6, 6.07) is 2.65. The third-order valence-electron chi connectivity index (χ3n) is 4.72. The fourth-order valence-electron chi connectivity index (χ4n) is 3.25. The molecule has 1 N–H and O–H groups in total. The molecule has 122 valence electrons. The monoisotopic (exact) mass is 330 g/mol. The number of hydrogen-bond acceptors (Lipinski definition) is 5. The molecule has 1 atom stereocenters. The Morgan fingerprint density at radius 3 is 3.04 bits per heavy atom. The summed E-state index contributed by atoms with van der Waals surface area (Å²) in [5, 5.41) is 4.29. The van der Waals surface area contributed by atoms with E-state index in [0.29, 0.717) is 6.04 Å². The van der Waals surface area contributed by atoms with Crippen molar-refractivity contribution >= 4 is 33.3 Å². The third-order valence-corrected chi connectivity index (χ3v) is 5.91. The highest BCUT2D eigenvalue weighted by Crippen LogP contribution is 2.32. The Labute approximate surface area is 140 Å². The van der Waals surface area contributed by atoms with E-state index in [-0.39, 0.29) is 11.8 Å². The summed E-state index contributed by atoms with van der Waals surface area (Å²) in [5.41, 5.74) is 0. The van der Waals surface area contributed by atoms with Crippen molar-refractivity contribution in [1.82, 2.24) is 15.3 Å². The zero-order chi connectivity index (χ0) is 15.8. The van der Waals surface area contributed by atoms with Gasteiger partial charge in [-0.25, -0.2) is 9.97 Å². The molecule has 3 heterocycles. The van der Waals surface area contributed by atoms with E-state index >= 15 is 0 Å². The summed E-state index contributed by atoms with van der Waals surface area (Å²) in [6.07, 6.45) is 6.98. The van der Waals surface area contributed by atoms with E-state index in [9.17, 15) is 4.79 Å². The number of thiophene rings is 1. The molecule has 0 aromatic carbocycles. The Bertz CT molecular complexity index is 724. The molecule has 0 radical (unpaired) electrons. The maximum absolute atomic E-state index is 12.4. The lowest BCUT2D eigenvalue weighted by Gasteiger charge is -2.33. The van der Waals surface area contributed by atoms with Crippen molar-refractivity contribution < 1.29 is 4.79 Å². The highest BCUT2D eigenvalue weighted by Gasteiger charge is 2.31. The van der Waals surface area contributed by atoms with Crippen LogP contribution in [-0.2, 0) is 11.2 Å². The molecule has 6 heteroatoms. The summed E-state index contributed by atoms with van der Waals surface area (Å²) >= 11 is 1.74. The Kier molecular flexibility index (Phi) is 3.93. The number of fused-ring (bicyclic) bond motifs is 1. The Morgan fingerprint density at radius 1 is 1.39 bits per heavy atom. The van der Waals surface area contributed by atoms with Gasteiger partial charge < -0.3 is 10.2 Å². The number of nitrogens with one attached hydrogen (secondary N) is 1. The molecule has 5 nitrogen and oxygen atoms in total. The molecular weight excluding hydrogens is 308 g/mol. The summed E-state index contributed by atoms with van der Waals surface area (Å²) in [4.78, 5) is 26.0. The van der Waals surface area contributed by atoms with E-state index < -0.39 is 0 Å². The number of nitrogens with zero attached hydrogens (tertiary/aromatic N) is 3. The van der Waals surface area contributed by atoms with Crippen molar-refractivity contribution in [3.63, 3.8) is 0 Å². The van der Waals surface area contributed by atoms with Gasteiger partial charge in [0.05, 0.1) is 11.3 Å². The molecule has 0 bridgehead atoms. The zero-order valence-corrected chi connectivity index (χ0v) is 14.2. The highest BCUT2D eigenvalue weighted by atomic mass is 32.1. The number of rotatable bonds is 4. The standard InChI is InChI=1S/C17H22N4OS/c1-2-13-8-14-15(18-10-19-17(14)23-13)21-7-3-4-11(9-21)16(22)20-12-5-6-12/h8,10-12H,2-7,9H2,1H3,(H,20,22)/t11-/m1/s1. The quantitative estimate of drug-likeness (QED) is 0.936. The van der Waals surface area contributed by atoms with Gasteiger partial charge in [0.2, 0.25) is 5.91 Å². The van der Waals surface area contributed by atoms with Gasteiger partial charge in [-0.05, 0) is 38.2 Å². The van der Waals surface area contributed by atoms with Crippen LogP contribution in [0.25, 0.3) is 10.2 Å². The molecule has 1 aliphatic heterocycles. The second kappa shape index (κ2) is 6.07. The van der Waals surface area contributed by atoms with Gasteiger partial charge in [-0.2, -0.15) is 0 Å². The average molecular weight is 330 g/mol. The van der Waals surface area contributed by atoms with Crippen LogP contribution >= 0.6 is 11.3 Å². The molecule has 1 amide bonds. The molecule has 2 aliphatic rings. The van der Waals surface area contributed by atoms with Crippen LogP contribution < -0.4 is 10.2 Å². The van der Waals surface area contributed by atoms with Crippen molar-refractivity contribution in [1.29, 1.82) is 0 Å². The minimum atomic E-state index is 0.0821. The van der Waals surface area contributed by atoms with E-state index in [1.54, 1.807) is 17.7 Å². The van der Waals surface area contributed by atoms with E-state index in [1.807, 2.05) is 0 Å². The molecule has 2 aromatic rings. The van der Waals surface area contributed by atoms with Gasteiger partial charge in [0.25, 0.3) is 0 Å². The molecule has 1 saturated heterocycles. The number of amides is 1. The van der Waals surface area contributed by atoms with E-state index in [4.69, 9.17) is 0 Å². The number of carbonyl (C=O) groups is 1. The number of piperidine rings is 1. The van der Waals surface area contributed by atoms with Gasteiger partial charge in [-0.3, -0.25) is 4.79 Å². The largest absolute Gasteiger partial charge is 0.355 e. The van der Waals surface area contributed by atoms with Gasteiger partial charge in [0.1, 0.15) is 17.0 Å². The van der Waals surface area contributed by atoms with Gasteiger partial charge in [-0.1, -0.05) is 6.92 Å².